The molecule has 0 aromatic carbocycles. The summed E-state index contributed by atoms with van der Waals surface area (Å²) >= 11 is 0. The van der Waals surface area contributed by atoms with Crippen molar-refractivity contribution in [2.24, 2.45) is 5.92 Å². The predicted molar refractivity (Wildman–Crippen MR) is 81.5 cm³/mol. The number of aromatic nitrogens is 1. The van der Waals surface area contributed by atoms with Crippen LogP contribution in [0.4, 0.5) is 0 Å². The van der Waals surface area contributed by atoms with Gasteiger partial charge in [-0.2, -0.15) is 4.31 Å². The normalized spacial score (nSPS) is 19.7. The summed E-state index contributed by atoms with van der Waals surface area (Å²) in [6.07, 6.45) is 3.18. The van der Waals surface area contributed by atoms with Gasteiger partial charge in [-0.15, -0.1) is 0 Å². The van der Waals surface area contributed by atoms with Crippen LogP contribution in [0.1, 0.15) is 38.1 Å². The Morgan fingerprint density at radius 1 is 1.55 bits per heavy atom. The van der Waals surface area contributed by atoms with Crippen molar-refractivity contribution in [1.82, 2.24) is 14.8 Å². The Balaban J connectivity index is 1.91. The van der Waals surface area contributed by atoms with Crippen molar-refractivity contribution in [2.45, 2.75) is 45.7 Å². The molecule has 1 atom stereocenters. The van der Waals surface area contributed by atoms with E-state index in [1.807, 2.05) is 6.07 Å². The molecule has 2 rings (SSSR count). The van der Waals surface area contributed by atoms with Crippen LogP contribution < -0.4 is 5.32 Å². The molecule has 0 radical (unpaired) electrons. The van der Waals surface area contributed by atoms with Gasteiger partial charge in [0.05, 0.1) is 12.8 Å². The first kappa shape index (κ1) is 17.0. The fourth-order valence-corrected chi connectivity index (χ4v) is 3.76. The number of hydrogen-bond donors (Lipinski definition) is 1. The first-order chi connectivity index (χ1) is 10.3. The van der Waals surface area contributed by atoms with Crippen molar-refractivity contribution in [3.63, 3.8) is 0 Å². The summed E-state index contributed by atoms with van der Waals surface area (Å²) in [6.45, 7) is 4.82. The summed E-state index contributed by atoms with van der Waals surface area (Å²) in [5.74, 6) is 0.978. The molecule has 1 aliphatic rings. The summed E-state index contributed by atoms with van der Waals surface area (Å²) in [7, 11) is -3.35. The highest BCUT2D eigenvalue weighted by Crippen LogP contribution is 2.20. The molecule has 7 nitrogen and oxygen atoms in total. The molecule has 1 aromatic heterocycles. The third-order valence-electron chi connectivity index (χ3n) is 3.59. The molecule has 0 unspecified atom stereocenters. The van der Waals surface area contributed by atoms with E-state index in [-0.39, 0.29) is 12.5 Å². The van der Waals surface area contributed by atoms with Crippen LogP contribution in [-0.2, 0) is 27.8 Å². The van der Waals surface area contributed by atoms with Crippen molar-refractivity contribution >= 4 is 15.9 Å². The first-order valence-corrected chi connectivity index (χ1v) is 9.31. The smallest absolute Gasteiger partial charge is 0.238 e. The van der Waals surface area contributed by atoms with Crippen molar-refractivity contribution in [3.8, 4) is 0 Å². The van der Waals surface area contributed by atoms with Gasteiger partial charge in [0.2, 0.25) is 15.9 Å². The maximum absolute atomic E-state index is 12.2. The Hall–Kier alpha value is -1.41. The molecule has 8 heteroatoms. The second-order valence-electron chi connectivity index (χ2n) is 6.13. The van der Waals surface area contributed by atoms with Crippen LogP contribution in [-0.4, -0.2) is 42.6 Å². The van der Waals surface area contributed by atoms with E-state index >= 15 is 0 Å². The van der Waals surface area contributed by atoms with Gasteiger partial charge in [-0.05, 0) is 18.8 Å². The molecule has 1 saturated heterocycles. The molecule has 124 valence electrons. The van der Waals surface area contributed by atoms with Gasteiger partial charge in [0.25, 0.3) is 0 Å². The minimum atomic E-state index is -3.35. The first-order valence-electron chi connectivity index (χ1n) is 7.46. The minimum absolute atomic E-state index is 0.245. The van der Waals surface area contributed by atoms with E-state index in [4.69, 9.17) is 4.52 Å². The molecule has 1 aliphatic heterocycles. The van der Waals surface area contributed by atoms with E-state index in [0.717, 1.165) is 18.4 Å². The van der Waals surface area contributed by atoms with Crippen LogP contribution >= 0.6 is 0 Å². The number of carbonyl (C=O) groups is 1. The zero-order valence-electron chi connectivity index (χ0n) is 13.2. The van der Waals surface area contributed by atoms with E-state index in [0.29, 0.717) is 31.0 Å². The summed E-state index contributed by atoms with van der Waals surface area (Å²) in [6, 6.07) is 1.21. The average molecular weight is 329 g/mol. The topological polar surface area (TPSA) is 92.5 Å². The molecular formula is C14H23N3O4S. The van der Waals surface area contributed by atoms with E-state index in [9.17, 15) is 13.2 Å². The number of nitrogens with one attached hydrogen (secondary N) is 1. The second kappa shape index (κ2) is 6.78. The van der Waals surface area contributed by atoms with Crippen molar-refractivity contribution < 1.29 is 17.7 Å². The lowest BCUT2D eigenvalue weighted by atomic mass is 10.1. The number of sulfonamides is 1. The van der Waals surface area contributed by atoms with Crippen LogP contribution in [0.5, 0.6) is 0 Å². The van der Waals surface area contributed by atoms with Gasteiger partial charge in [0.15, 0.2) is 0 Å². The van der Waals surface area contributed by atoms with Gasteiger partial charge >= 0.3 is 0 Å². The second-order valence-corrected chi connectivity index (χ2v) is 8.07. The minimum Gasteiger partial charge on any atom is -0.361 e. The Kier molecular flexibility index (Phi) is 5.23. The van der Waals surface area contributed by atoms with Gasteiger partial charge in [0, 0.05) is 19.0 Å². The molecule has 2 heterocycles. The number of nitrogens with zero attached hydrogens (tertiary/aromatic N) is 2. The standard InChI is InChI=1S/C14H23N3O4S/c1-10(2)7-12-8-11(16-21-12)9-15-14(18)13-5-4-6-17(13)22(3,19)20/h8,10,13H,4-7,9H2,1-3H3,(H,15,18)/t13-/m1/s1. The molecule has 0 spiro atoms. The molecule has 1 amide bonds. The molecule has 22 heavy (non-hydrogen) atoms. The maximum atomic E-state index is 12.2. The quantitative estimate of drug-likeness (QED) is 0.837. The van der Waals surface area contributed by atoms with Crippen molar-refractivity contribution in [3.05, 3.63) is 17.5 Å². The summed E-state index contributed by atoms with van der Waals surface area (Å²) in [5, 5.41) is 6.66. The third-order valence-corrected chi connectivity index (χ3v) is 4.88. The van der Waals surface area contributed by atoms with Crippen LogP contribution in [0.3, 0.4) is 0 Å². The molecule has 0 aliphatic carbocycles. The number of amides is 1. The Bertz CT molecular complexity index is 624. The van der Waals surface area contributed by atoms with Gasteiger partial charge in [-0.1, -0.05) is 19.0 Å². The van der Waals surface area contributed by atoms with Gasteiger partial charge in [-0.3, -0.25) is 4.79 Å². The molecule has 1 aromatic rings. The maximum Gasteiger partial charge on any atom is 0.238 e. The van der Waals surface area contributed by atoms with Crippen LogP contribution in [0.15, 0.2) is 10.6 Å². The Morgan fingerprint density at radius 2 is 2.27 bits per heavy atom. The van der Waals surface area contributed by atoms with Crippen LogP contribution in [0.25, 0.3) is 0 Å². The molecule has 1 N–H and O–H groups in total. The Labute approximate surface area is 131 Å². The van der Waals surface area contributed by atoms with E-state index < -0.39 is 16.1 Å². The third kappa shape index (κ3) is 4.30. The highest BCUT2D eigenvalue weighted by Gasteiger charge is 2.36. The van der Waals surface area contributed by atoms with E-state index in [2.05, 4.69) is 24.3 Å². The lowest BCUT2D eigenvalue weighted by Gasteiger charge is -2.20. The SMILES string of the molecule is CC(C)Cc1cc(CNC(=O)[C@H]2CCCN2S(C)(=O)=O)no1. The number of hydrogen-bond acceptors (Lipinski definition) is 5. The monoisotopic (exact) mass is 329 g/mol. The predicted octanol–water partition coefficient (Wildman–Crippen LogP) is 0.913. The summed E-state index contributed by atoms with van der Waals surface area (Å²) < 4.78 is 29.8. The van der Waals surface area contributed by atoms with Gasteiger partial charge in [-0.25, -0.2) is 8.42 Å². The zero-order chi connectivity index (χ0) is 16.3. The average Bonchev–Trinajstić information content (AvgIpc) is 3.02. The van der Waals surface area contributed by atoms with Crippen LogP contribution in [0.2, 0.25) is 0 Å². The van der Waals surface area contributed by atoms with Crippen LogP contribution in [0, 0.1) is 5.92 Å². The summed E-state index contributed by atoms with van der Waals surface area (Å²) in [5.41, 5.74) is 0.646. The van der Waals surface area contributed by atoms with Gasteiger partial charge in [0.1, 0.15) is 17.5 Å². The highest BCUT2D eigenvalue weighted by atomic mass is 32.2. The number of rotatable bonds is 6. The number of carbonyl (C=O) groups excluding carboxylic acids is 1. The van der Waals surface area contributed by atoms with E-state index in [1.54, 1.807) is 0 Å². The van der Waals surface area contributed by atoms with E-state index in [1.165, 1.54) is 4.31 Å². The molecular weight excluding hydrogens is 306 g/mol. The Morgan fingerprint density at radius 3 is 2.91 bits per heavy atom. The van der Waals surface area contributed by atoms with Gasteiger partial charge < -0.3 is 9.84 Å². The fourth-order valence-electron chi connectivity index (χ4n) is 2.63. The van der Waals surface area contributed by atoms with Crippen molar-refractivity contribution in [1.29, 1.82) is 0 Å². The highest BCUT2D eigenvalue weighted by molar-refractivity contribution is 7.88. The molecule has 0 saturated carbocycles. The summed E-state index contributed by atoms with van der Waals surface area (Å²) in [4.78, 5) is 12.2. The zero-order valence-corrected chi connectivity index (χ0v) is 14.0. The molecule has 1 fully saturated rings. The fraction of sp³-hybridized carbons (Fsp3) is 0.714. The molecule has 0 bridgehead atoms. The van der Waals surface area contributed by atoms with Crippen molar-refractivity contribution in [2.75, 3.05) is 12.8 Å². The lowest BCUT2D eigenvalue weighted by molar-refractivity contribution is -0.124. The largest absolute Gasteiger partial charge is 0.361 e. The lowest BCUT2D eigenvalue weighted by Crippen LogP contribution is -2.45.